The highest BCUT2D eigenvalue weighted by molar-refractivity contribution is 7.89. The summed E-state index contributed by atoms with van der Waals surface area (Å²) < 4.78 is 25.3. The zero-order valence-corrected chi connectivity index (χ0v) is 12.9. The lowest BCUT2D eigenvalue weighted by molar-refractivity contribution is 0.305. The van der Waals surface area contributed by atoms with Crippen molar-refractivity contribution in [1.29, 1.82) is 0 Å². The number of rotatable bonds is 5. The molecule has 1 aromatic rings. The van der Waals surface area contributed by atoms with Gasteiger partial charge in [0.15, 0.2) is 0 Å². The molecule has 0 spiro atoms. The molecular weight excluding hydrogens is 274 g/mol. The molecule has 0 saturated heterocycles. The molecule has 110 valence electrons. The highest BCUT2D eigenvalue weighted by Gasteiger charge is 2.21. The van der Waals surface area contributed by atoms with Crippen LogP contribution in [0.3, 0.4) is 0 Å². The molecule has 0 aliphatic rings. The lowest BCUT2D eigenvalue weighted by Crippen LogP contribution is -2.32. The Hall–Kier alpha value is -1.35. The second-order valence-electron chi connectivity index (χ2n) is 4.82. The summed E-state index contributed by atoms with van der Waals surface area (Å²) in [5.41, 5.74) is 1.78. The minimum atomic E-state index is -3.23. The van der Waals surface area contributed by atoms with E-state index in [-0.39, 0.29) is 6.61 Å². The van der Waals surface area contributed by atoms with E-state index in [4.69, 9.17) is 5.11 Å². The molecule has 0 atom stereocenters. The largest absolute Gasteiger partial charge is 0.395 e. The minimum Gasteiger partial charge on any atom is -0.395 e. The molecule has 20 heavy (non-hydrogen) atoms. The van der Waals surface area contributed by atoms with Crippen LogP contribution in [0.5, 0.6) is 0 Å². The molecule has 0 amide bonds. The van der Waals surface area contributed by atoms with Crippen LogP contribution in [0.25, 0.3) is 0 Å². The molecule has 0 aromatic heterocycles. The van der Waals surface area contributed by atoms with Crippen molar-refractivity contribution in [3.63, 3.8) is 0 Å². The zero-order valence-electron chi connectivity index (χ0n) is 12.1. The Bertz CT molecular complexity index is 580. The first kappa shape index (κ1) is 16.7. The van der Waals surface area contributed by atoms with Gasteiger partial charge in [-0.05, 0) is 31.5 Å². The topological polar surface area (TPSA) is 57.6 Å². The Morgan fingerprint density at radius 3 is 2.35 bits per heavy atom. The molecule has 0 aliphatic heterocycles. The Morgan fingerprint density at radius 2 is 1.85 bits per heavy atom. The Labute approximate surface area is 121 Å². The molecule has 1 N–H and O–H groups in total. The van der Waals surface area contributed by atoms with Gasteiger partial charge in [-0.2, -0.15) is 0 Å². The summed E-state index contributed by atoms with van der Waals surface area (Å²) in [6.45, 7) is 3.76. The Balaban J connectivity index is 2.74. The summed E-state index contributed by atoms with van der Waals surface area (Å²) in [5, 5.41) is 8.22. The molecule has 0 heterocycles. The number of aliphatic hydroxyl groups excluding tert-OH is 1. The van der Waals surface area contributed by atoms with Gasteiger partial charge in [-0.25, -0.2) is 12.7 Å². The summed E-state index contributed by atoms with van der Waals surface area (Å²) >= 11 is 0. The van der Waals surface area contributed by atoms with E-state index in [0.29, 0.717) is 13.0 Å². The summed E-state index contributed by atoms with van der Waals surface area (Å²) in [6.07, 6.45) is 0.455. The summed E-state index contributed by atoms with van der Waals surface area (Å²) in [4.78, 5) is 0. The van der Waals surface area contributed by atoms with Crippen molar-refractivity contribution >= 4 is 10.0 Å². The van der Waals surface area contributed by atoms with E-state index in [1.54, 1.807) is 20.9 Å². The lowest BCUT2D eigenvalue weighted by Gasteiger charge is -2.19. The standard InChI is InChI=1S/C15H21NO3S/c1-13(2)20(18,19)16(3)12-15-9-7-14(8-10-15)6-4-5-11-17/h7-10,13,17H,5,11-12H2,1-3H3. The molecule has 1 aromatic carbocycles. The first-order chi connectivity index (χ1) is 9.37. The monoisotopic (exact) mass is 295 g/mol. The van der Waals surface area contributed by atoms with Gasteiger partial charge in [-0.3, -0.25) is 0 Å². The molecule has 1 rings (SSSR count). The molecule has 0 saturated carbocycles. The number of nitrogens with zero attached hydrogens (tertiary/aromatic N) is 1. The minimum absolute atomic E-state index is 0.0585. The van der Waals surface area contributed by atoms with Crippen molar-refractivity contribution in [3.05, 3.63) is 35.4 Å². The van der Waals surface area contributed by atoms with Gasteiger partial charge in [-0.1, -0.05) is 24.0 Å². The fourth-order valence-corrected chi connectivity index (χ4v) is 2.67. The van der Waals surface area contributed by atoms with Gasteiger partial charge in [0.05, 0.1) is 11.9 Å². The van der Waals surface area contributed by atoms with Gasteiger partial charge in [0.25, 0.3) is 0 Å². The van der Waals surface area contributed by atoms with Crippen molar-refractivity contribution in [3.8, 4) is 11.8 Å². The van der Waals surface area contributed by atoms with Gasteiger partial charge < -0.3 is 5.11 Å². The Kier molecular flexibility index (Phi) is 6.21. The number of hydrogen-bond donors (Lipinski definition) is 1. The van der Waals surface area contributed by atoms with Crippen LogP contribution in [-0.2, 0) is 16.6 Å². The van der Waals surface area contributed by atoms with Crippen LogP contribution in [0, 0.1) is 11.8 Å². The van der Waals surface area contributed by atoms with E-state index in [1.807, 2.05) is 24.3 Å². The molecule has 0 bridgehead atoms. The molecule has 0 radical (unpaired) electrons. The fourth-order valence-electron chi connectivity index (χ4n) is 1.62. The SMILES string of the molecule is CC(C)S(=O)(=O)N(C)Cc1ccc(C#CCCO)cc1. The van der Waals surface area contributed by atoms with Gasteiger partial charge in [0, 0.05) is 25.6 Å². The molecule has 4 nitrogen and oxygen atoms in total. The smallest absolute Gasteiger partial charge is 0.216 e. The first-order valence-corrected chi connectivity index (χ1v) is 8.02. The average molecular weight is 295 g/mol. The Morgan fingerprint density at radius 1 is 1.25 bits per heavy atom. The van der Waals surface area contributed by atoms with Crippen LogP contribution in [0.15, 0.2) is 24.3 Å². The van der Waals surface area contributed by atoms with E-state index in [2.05, 4.69) is 11.8 Å². The summed E-state index contributed by atoms with van der Waals surface area (Å²) in [6, 6.07) is 7.45. The van der Waals surface area contributed by atoms with Crippen molar-refractivity contribution in [2.75, 3.05) is 13.7 Å². The van der Waals surface area contributed by atoms with Crippen LogP contribution >= 0.6 is 0 Å². The quantitative estimate of drug-likeness (QED) is 0.839. The second-order valence-corrected chi connectivity index (χ2v) is 7.42. The van der Waals surface area contributed by atoms with Crippen LogP contribution in [0.2, 0.25) is 0 Å². The molecular formula is C15H21NO3S. The molecule has 0 aliphatic carbocycles. The van der Waals surface area contributed by atoms with Gasteiger partial charge in [0.2, 0.25) is 10.0 Å². The molecule has 0 unspecified atom stereocenters. The molecule has 5 heteroatoms. The van der Waals surface area contributed by atoms with Gasteiger partial charge in [-0.15, -0.1) is 0 Å². The third-order valence-corrected chi connectivity index (χ3v) is 5.05. The third kappa shape index (κ3) is 4.64. The predicted octanol–water partition coefficient (Wildman–Crippen LogP) is 1.59. The maximum atomic E-state index is 12.0. The number of sulfonamides is 1. The number of benzene rings is 1. The van der Waals surface area contributed by atoms with E-state index < -0.39 is 15.3 Å². The van der Waals surface area contributed by atoms with Crippen molar-refractivity contribution < 1.29 is 13.5 Å². The van der Waals surface area contributed by atoms with Crippen molar-refractivity contribution in [2.24, 2.45) is 0 Å². The van der Waals surface area contributed by atoms with Gasteiger partial charge >= 0.3 is 0 Å². The second kappa shape index (κ2) is 7.44. The van der Waals surface area contributed by atoms with Crippen molar-refractivity contribution in [1.82, 2.24) is 4.31 Å². The average Bonchev–Trinajstić information content (AvgIpc) is 2.40. The maximum Gasteiger partial charge on any atom is 0.216 e. The van der Waals surface area contributed by atoms with E-state index >= 15 is 0 Å². The predicted molar refractivity (Wildman–Crippen MR) is 80.5 cm³/mol. The van der Waals surface area contributed by atoms with Gasteiger partial charge in [0.1, 0.15) is 0 Å². The highest BCUT2D eigenvalue weighted by atomic mass is 32.2. The number of aliphatic hydroxyl groups is 1. The third-order valence-electron chi connectivity index (χ3n) is 2.86. The van der Waals surface area contributed by atoms with Crippen molar-refractivity contribution in [2.45, 2.75) is 32.1 Å². The lowest BCUT2D eigenvalue weighted by atomic mass is 10.1. The van der Waals surface area contributed by atoms with Crippen LogP contribution < -0.4 is 0 Å². The summed E-state index contributed by atoms with van der Waals surface area (Å²) in [7, 11) is -1.64. The normalized spacial score (nSPS) is 11.5. The molecule has 0 fully saturated rings. The van der Waals surface area contributed by atoms with E-state index in [1.165, 1.54) is 4.31 Å². The summed E-state index contributed by atoms with van der Waals surface area (Å²) in [5.74, 6) is 5.78. The first-order valence-electron chi connectivity index (χ1n) is 6.51. The van der Waals surface area contributed by atoms with Crippen LogP contribution in [-0.4, -0.2) is 36.7 Å². The maximum absolute atomic E-state index is 12.0. The zero-order chi connectivity index (χ0) is 15.2. The number of hydrogen-bond acceptors (Lipinski definition) is 3. The van der Waals surface area contributed by atoms with E-state index in [0.717, 1.165) is 11.1 Å². The highest BCUT2D eigenvalue weighted by Crippen LogP contribution is 2.12. The van der Waals surface area contributed by atoms with E-state index in [9.17, 15) is 8.42 Å². The van der Waals surface area contributed by atoms with Crippen LogP contribution in [0.1, 0.15) is 31.4 Å². The van der Waals surface area contributed by atoms with Crippen LogP contribution in [0.4, 0.5) is 0 Å². The fraction of sp³-hybridized carbons (Fsp3) is 0.467.